The van der Waals surface area contributed by atoms with Crippen LogP contribution in [0.15, 0.2) is 24.3 Å². The van der Waals surface area contributed by atoms with E-state index < -0.39 is 0 Å². The van der Waals surface area contributed by atoms with Crippen LogP contribution in [-0.4, -0.2) is 11.6 Å². The number of carbonyl (C=O) groups is 2. The van der Waals surface area contributed by atoms with E-state index in [0.717, 1.165) is 6.42 Å². The number of allylic oxidation sites excluding steroid dienone is 4. The summed E-state index contributed by atoms with van der Waals surface area (Å²) in [7, 11) is 0. The molecule has 93 valence electrons. The minimum Gasteiger partial charge on any atom is -0.334 e. The van der Waals surface area contributed by atoms with Crippen LogP contribution in [0, 0.1) is 6.42 Å². The average Bonchev–Trinajstić information content (AvgIpc) is 1.99. The standard InChI is InChI=1S/C8H12.C5H7O2.Ir/c1-2-4-6-8-7-5-3-1;1-4(6)3-5(2)7;/h1-2,7-8H,3-6H2;3H,1-2H3;/q;-1;. The SMILES string of the molecule is C1=CCCC=CCC1.CC(=O)[CH-]C(C)=O.[Ir]. The van der Waals surface area contributed by atoms with Crippen molar-refractivity contribution >= 4 is 11.6 Å². The van der Waals surface area contributed by atoms with Gasteiger partial charge in [-0.3, -0.25) is 6.42 Å². The molecule has 1 radical (unpaired) electrons. The number of rotatable bonds is 2. The second kappa shape index (κ2) is 12.4. The van der Waals surface area contributed by atoms with Crippen LogP contribution in [0.3, 0.4) is 0 Å². The van der Waals surface area contributed by atoms with Gasteiger partial charge in [-0.2, -0.15) is 0 Å². The van der Waals surface area contributed by atoms with Crippen molar-refractivity contribution in [1.82, 2.24) is 0 Å². The molecule has 0 spiro atoms. The molecule has 2 nitrogen and oxygen atoms in total. The number of hydrogen-bond acceptors (Lipinski definition) is 2. The van der Waals surface area contributed by atoms with Gasteiger partial charge in [0.15, 0.2) is 0 Å². The summed E-state index contributed by atoms with van der Waals surface area (Å²) in [5, 5.41) is 0. The number of Topliss-reactive ketones (excluding diaryl/α,β-unsaturated/α-hetero) is 2. The van der Waals surface area contributed by atoms with Crippen molar-refractivity contribution in [3.05, 3.63) is 30.7 Å². The van der Waals surface area contributed by atoms with Gasteiger partial charge >= 0.3 is 0 Å². The van der Waals surface area contributed by atoms with E-state index in [1.165, 1.54) is 39.5 Å². The van der Waals surface area contributed by atoms with Crippen molar-refractivity contribution in [2.24, 2.45) is 0 Å². The summed E-state index contributed by atoms with van der Waals surface area (Å²) < 4.78 is 0. The molecule has 0 aromatic heterocycles. The van der Waals surface area contributed by atoms with Gasteiger partial charge in [0.25, 0.3) is 0 Å². The van der Waals surface area contributed by atoms with E-state index in [-0.39, 0.29) is 31.7 Å². The van der Waals surface area contributed by atoms with E-state index in [4.69, 9.17) is 0 Å². The van der Waals surface area contributed by atoms with Crippen LogP contribution in [0.1, 0.15) is 39.5 Å². The molecule has 0 bridgehead atoms. The van der Waals surface area contributed by atoms with Crippen LogP contribution in [-0.2, 0) is 29.7 Å². The second-order valence-electron chi connectivity index (χ2n) is 3.46. The van der Waals surface area contributed by atoms with Crippen molar-refractivity contribution in [1.29, 1.82) is 0 Å². The number of carbonyl (C=O) groups excluding carboxylic acids is 2. The first-order valence-corrected chi connectivity index (χ1v) is 5.29. The zero-order chi connectivity index (χ0) is 11.5. The van der Waals surface area contributed by atoms with E-state index in [2.05, 4.69) is 24.3 Å². The molecule has 0 aromatic carbocycles. The molecule has 0 saturated carbocycles. The molecule has 0 amide bonds. The van der Waals surface area contributed by atoms with Crippen molar-refractivity contribution in [2.45, 2.75) is 39.5 Å². The van der Waals surface area contributed by atoms with Gasteiger partial charge in [0.1, 0.15) is 0 Å². The molecule has 1 aliphatic rings. The van der Waals surface area contributed by atoms with E-state index in [1.807, 2.05) is 0 Å². The van der Waals surface area contributed by atoms with Crippen LogP contribution in [0.4, 0.5) is 0 Å². The molecule has 0 aliphatic heterocycles. The predicted molar refractivity (Wildman–Crippen MR) is 62.4 cm³/mol. The van der Waals surface area contributed by atoms with E-state index in [0.29, 0.717) is 0 Å². The Labute approximate surface area is 112 Å². The molecule has 16 heavy (non-hydrogen) atoms. The predicted octanol–water partition coefficient (Wildman–Crippen LogP) is 3.04. The fourth-order valence-corrected chi connectivity index (χ4v) is 1.14. The third-order valence-electron chi connectivity index (χ3n) is 1.74. The maximum absolute atomic E-state index is 9.98. The maximum Gasteiger partial charge on any atom is 0.00219 e. The van der Waals surface area contributed by atoms with Gasteiger partial charge in [-0.05, 0) is 39.5 Å². The Morgan fingerprint density at radius 1 is 0.812 bits per heavy atom. The van der Waals surface area contributed by atoms with Gasteiger partial charge in [-0.1, -0.05) is 24.3 Å². The number of ketones is 2. The first-order chi connectivity index (χ1) is 7.13. The molecular formula is C13H19IrO2-. The summed E-state index contributed by atoms with van der Waals surface area (Å²) in [6.45, 7) is 2.70. The van der Waals surface area contributed by atoms with Gasteiger partial charge in [0, 0.05) is 31.7 Å². The van der Waals surface area contributed by atoms with Gasteiger partial charge in [-0.25, -0.2) is 0 Å². The fraction of sp³-hybridized carbons (Fsp3) is 0.462. The van der Waals surface area contributed by atoms with Crippen molar-refractivity contribution in [3.8, 4) is 0 Å². The normalized spacial score (nSPS) is 13.4. The molecule has 0 heterocycles. The Balaban J connectivity index is 0. The quantitative estimate of drug-likeness (QED) is 0.406. The second-order valence-corrected chi connectivity index (χ2v) is 3.46. The first kappa shape index (κ1) is 17.7. The zero-order valence-electron chi connectivity index (χ0n) is 9.87. The molecular weight excluding hydrogens is 380 g/mol. The van der Waals surface area contributed by atoms with Crippen molar-refractivity contribution < 1.29 is 29.7 Å². The summed E-state index contributed by atoms with van der Waals surface area (Å²) >= 11 is 0. The Morgan fingerprint density at radius 3 is 1.19 bits per heavy atom. The Hall–Kier alpha value is -0.661. The Kier molecular flexibility index (Phi) is 13.7. The third kappa shape index (κ3) is 15.8. The summed E-state index contributed by atoms with van der Waals surface area (Å²) in [5.74, 6) is -0.375. The molecule has 3 heteroatoms. The minimum atomic E-state index is -0.187. The molecule has 0 aromatic rings. The van der Waals surface area contributed by atoms with Crippen LogP contribution < -0.4 is 0 Å². The van der Waals surface area contributed by atoms with E-state index in [9.17, 15) is 9.59 Å². The topological polar surface area (TPSA) is 34.1 Å². The molecule has 1 aliphatic carbocycles. The maximum atomic E-state index is 9.98. The molecule has 0 atom stereocenters. The van der Waals surface area contributed by atoms with E-state index in [1.54, 1.807) is 0 Å². The van der Waals surface area contributed by atoms with Crippen LogP contribution >= 0.6 is 0 Å². The summed E-state index contributed by atoms with van der Waals surface area (Å²) in [4.78, 5) is 20.0. The summed E-state index contributed by atoms with van der Waals surface area (Å²) in [6.07, 6.45) is 15.1. The van der Waals surface area contributed by atoms with Crippen LogP contribution in [0.25, 0.3) is 0 Å². The van der Waals surface area contributed by atoms with Gasteiger partial charge in [0.05, 0.1) is 0 Å². The number of hydrogen-bond donors (Lipinski definition) is 0. The van der Waals surface area contributed by atoms with Crippen molar-refractivity contribution in [3.63, 3.8) is 0 Å². The van der Waals surface area contributed by atoms with Gasteiger partial charge < -0.3 is 9.59 Å². The molecule has 0 N–H and O–H groups in total. The molecule has 0 saturated heterocycles. The summed E-state index contributed by atoms with van der Waals surface area (Å²) in [6, 6.07) is 0. The molecule has 0 fully saturated rings. The van der Waals surface area contributed by atoms with Crippen molar-refractivity contribution in [2.75, 3.05) is 0 Å². The Morgan fingerprint density at radius 2 is 1.06 bits per heavy atom. The fourth-order valence-electron chi connectivity index (χ4n) is 1.14. The van der Waals surface area contributed by atoms with Crippen LogP contribution in [0.2, 0.25) is 0 Å². The largest absolute Gasteiger partial charge is 0.334 e. The third-order valence-corrected chi connectivity index (χ3v) is 1.74. The van der Waals surface area contributed by atoms with Gasteiger partial charge in [0.2, 0.25) is 0 Å². The molecule has 0 unspecified atom stereocenters. The van der Waals surface area contributed by atoms with E-state index >= 15 is 0 Å². The zero-order valence-corrected chi connectivity index (χ0v) is 12.3. The van der Waals surface area contributed by atoms with Gasteiger partial charge in [-0.15, -0.1) is 0 Å². The Bertz CT molecular complexity index is 217. The monoisotopic (exact) mass is 400 g/mol. The first-order valence-electron chi connectivity index (χ1n) is 5.29. The van der Waals surface area contributed by atoms with Crippen LogP contribution in [0.5, 0.6) is 0 Å². The smallest absolute Gasteiger partial charge is 0.00219 e. The molecule has 1 rings (SSSR count). The average molecular weight is 400 g/mol. The minimum absolute atomic E-state index is 0. The summed E-state index contributed by atoms with van der Waals surface area (Å²) in [5.41, 5.74) is 0.